The van der Waals surface area contributed by atoms with Crippen molar-refractivity contribution in [1.29, 1.82) is 0 Å². The standard InChI is InChI=1S/C32H36O8/c1-20(2)28(33)22(5)37-30(35)39-26-14-10-24(11-15-26)32(18-8-7-9-19-32)25-12-16-27(17-13-25)40-31(36)38-23(6)29(34)21(3)4/h10-17,22-23H,1,3,7-9,18-19H2,2,4-6H3. The van der Waals surface area contributed by atoms with Gasteiger partial charge in [-0.2, -0.15) is 0 Å². The Kier molecular flexibility index (Phi) is 10.0. The predicted octanol–water partition coefficient (Wildman–Crippen LogP) is 7.04. The van der Waals surface area contributed by atoms with Crippen molar-refractivity contribution in [3.8, 4) is 11.5 Å². The minimum atomic E-state index is -0.981. The summed E-state index contributed by atoms with van der Waals surface area (Å²) in [7, 11) is 0. The van der Waals surface area contributed by atoms with Crippen LogP contribution in [0, 0.1) is 0 Å². The summed E-state index contributed by atoms with van der Waals surface area (Å²) in [6.07, 6.45) is 1.22. The number of Topliss-reactive ketones (excluding diaryl/α,β-unsaturated/α-hetero) is 2. The predicted molar refractivity (Wildman–Crippen MR) is 150 cm³/mol. The molecule has 0 saturated heterocycles. The highest BCUT2D eigenvalue weighted by molar-refractivity contribution is 5.98. The molecule has 8 heteroatoms. The number of benzene rings is 2. The highest BCUT2D eigenvalue weighted by Crippen LogP contribution is 2.45. The minimum absolute atomic E-state index is 0.263. The number of carbonyl (C=O) groups excluding carboxylic acids is 4. The van der Waals surface area contributed by atoms with Crippen molar-refractivity contribution in [2.24, 2.45) is 0 Å². The summed E-state index contributed by atoms with van der Waals surface area (Å²) in [5.74, 6) is -0.132. The summed E-state index contributed by atoms with van der Waals surface area (Å²) in [5, 5.41) is 0. The Morgan fingerprint density at radius 1 is 0.650 bits per heavy atom. The molecule has 212 valence electrons. The number of hydrogen-bond acceptors (Lipinski definition) is 8. The third kappa shape index (κ3) is 7.46. The van der Waals surface area contributed by atoms with Crippen LogP contribution < -0.4 is 9.47 Å². The molecule has 0 aromatic heterocycles. The van der Waals surface area contributed by atoms with Gasteiger partial charge in [-0.25, -0.2) is 9.59 Å². The van der Waals surface area contributed by atoms with Gasteiger partial charge in [-0.05, 0) is 87.1 Å². The van der Waals surface area contributed by atoms with Crippen molar-refractivity contribution in [3.05, 3.63) is 84.0 Å². The Morgan fingerprint density at radius 2 is 1.00 bits per heavy atom. The first-order valence-corrected chi connectivity index (χ1v) is 13.3. The second-order valence-electron chi connectivity index (χ2n) is 10.2. The molecule has 0 bridgehead atoms. The topological polar surface area (TPSA) is 105 Å². The average molecular weight is 549 g/mol. The largest absolute Gasteiger partial charge is 0.514 e. The quantitative estimate of drug-likeness (QED) is 0.177. The second-order valence-corrected chi connectivity index (χ2v) is 10.2. The molecular weight excluding hydrogens is 512 g/mol. The Bertz CT molecular complexity index is 1170. The van der Waals surface area contributed by atoms with Crippen LogP contribution in [0.15, 0.2) is 72.8 Å². The van der Waals surface area contributed by atoms with Crippen molar-refractivity contribution >= 4 is 23.9 Å². The minimum Gasteiger partial charge on any atom is -0.423 e. The van der Waals surface area contributed by atoms with E-state index in [4.69, 9.17) is 18.9 Å². The SMILES string of the molecule is C=C(C)C(=O)C(C)OC(=O)Oc1ccc(C2(c3ccc(OC(=O)OC(C)C(=O)C(=C)C)cc3)CCCCC2)cc1. The van der Waals surface area contributed by atoms with E-state index in [1.165, 1.54) is 13.8 Å². The second kappa shape index (κ2) is 13.2. The van der Waals surface area contributed by atoms with Crippen LogP contribution in [-0.4, -0.2) is 36.1 Å². The molecule has 0 aliphatic heterocycles. The summed E-state index contributed by atoms with van der Waals surface area (Å²) in [6.45, 7) is 13.2. The van der Waals surface area contributed by atoms with Gasteiger partial charge < -0.3 is 18.9 Å². The summed E-state index contributed by atoms with van der Waals surface area (Å²) < 4.78 is 20.7. The zero-order valence-electron chi connectivity index (χ0n) is 23.5. The molecule has 2 aromatic rings. The van der Waals surface area contributed by atoms with Gasteiger partial charge in [-0.15, -0.1) is 0 Å². The van der Waals surface area contributed by atoms with Crippen molar-refractivity contribution in [2.75, 3.05) is 0 Å². The third-order valence-electron chi connectivity index (χ3n) is 7.05. The fourth-order valence-electron chi connectivity index (χ4n) is 4.91. The van der Waals surface area contributed by atoms with Crippen LogP contribution in [0.5, 0.6) is 11.5 Å². The molecule has 2 atom stereocenters. The zero-order chi connectivity index (χ0) is 29.4. The third-order valence-corrected chi connectivity index (χ3v) is 7.05. The maximum Gasteiger partial charge on any atom is 0.514 e. The molecule has 2 aromatic carbocycles. The molecule has 1 aliphatic rings. The number of hydrogen-bond donors (Lipinski definition) is 0. The monoisotopic (exact) mass is 548 g/mol. The average Bonchev–Trinajstić information content (AvgIpc) is 2.92. The fourth-order valence-corrected chi connectivity index (χ4v) is 4.91. The van der Waals surface area contributed by atoms with Crippen molar-refractivity contribution < 1.29 is 38.1 Å². The molecule has 0 spiro atoms. The van der Waals surface area contributed by atoms with Gasteiger partial charge in [-0.3, -0.25) is 9.59 Å². The van der Waals surface area contributed by atoms with Crippen LogP contribution in [-0.2, 0) is 24.5 Å². The molecular formula is C32H36O8. The van der Waals surface area contributed by atoms with E-state index >= 15 is 0 Å². The van der Waals surface area contributed by atoms with Crippen molar-refractivity contribution in [1.82, 2.24) is 0 Å². The van der Waals surface area contributed by atoms with E-state index in [1.54, 1.807) is 38.1 Å². The van der Waals surface area contributed by atoms with Gasteiger partial charge in [0.1, 0.15) is 11.5 Å². The lowest BCUT2D eigenvalue weighted by Gasteiger charge is -2.38. The maximum atomic E-state index is 12.2. The highest BCUT2D eigenvalue weighted by Gasteiger charge is 2.36. The molecule has 40 heavy (non-hydrogen) atoms. The van der Waals surface area contributed by atoms with Crippen molar-refractivity contribution in [2.45, 2.75) is 77.4 Å². The summed E-state index contributed by atoms with van der Waals surface area (Å²) in [5.41, 5.74) is 2.47. The molecule has 3 rings (SSSR count). The van der Waals surface area contributed by atoms with Gasteiger partial charge in [0.2, 0.25) is 0 Å². The van der Waals surface area contributed by atoms with Crippen LogP contribution in [0.3, 0.4) is 0 Å². The van der Waals surface area contributed by atoms with Crippen molar-refractivity contribution in [3.63, 3.8) is 0 Å². The number of ether oxygens (including phenoxy) is 4. The van der Waals surface area contributed by atoms with Crippen LogP contribution in [0.1, 0.15) is 70.9 Å². The number of ketones is 2. The first-order valence-electron chi connectivity index (χ1n) is 13.3. The van der Waals surface area contributed by atoms with E-state index in [0.29, 0.717) is 22.6 Å². The maximum absolute atomic E-state index is 12.2. The molecule has 2 unspecified atom stereocenters. The van der Waals surface area contributed by atoms with Gasteiger partial charge in [0.05, 0.1) is 0 Å². The molecule has 0 radical (unpaired) electrons. The first kappa shape index (κ1) is 30.3. The molecule has 0 N–H and O–H groups in total. The van der Waals surface area contributed by atoms with E-state index < -0.39 is 24.5 Å². The molecule has 1 aliphatic carbocycles. The molecule has 8 nitrogen and oxygen atoms in total. The molecule has 0 heterocycles. The summed E-state index contributed by atoms with van der Waals surface area (Å²) in [6, 6.07) is 14.5. The van der Waals surface area contributed by atoms with Crippen LogP contribution in [0.25, 0.3) is 0 Å². The van der Waals surface area contributed by atoms with Gasteiger partial charge in [0, 0.05) is 5.41 Å². The smallest absolute Gasteiger partial charge is 0.423 e. The lowest BCUT2D eigenvalue weighted by Crippen LogP contribution is -2.30. The molecule has 0 amide bonds. The van der Waals surface area contributed by atoms with Gasteiger partial charge in [-0.1, -0.05) is 56.7 Å². The van der Waals surface area contributed by atoms with E-state index in [9.17, 15) is 19.2 Å². The van der Waals surface area contributed by atoms with E-state index in [-0.39, 0.29) is 17.0 Å². The summed E-state index contributed by atoms with van der Waals surface area (Å²) >= 11 is 0. The number of carbonyl (C=O) groups is 4. The Balaban J connectivity index is 1.71. The van der Waals surface area contributed by atoms with Gasteiger partial charge >= 0.3 is 12.3 Å². The lowest BCUT2D eigenvalue weighted by molar-refractivity contribution is -0.123. The highest BCUT2D eigenvalue weighted by atomic mass is 16.7. The van der Waals surface area contributed by atoms with Crippen LogP contribution in [0.4, 0.5) is 9.59 Å². The molecule has 1 fully saturated rings. The fraction of sp³-hybridized carbons (Fsp3) is 0.375. The Hall–Kier alpha value is -4.20. The normalized spacial score (nSPS) is 15.6. The van der Waals surface area contributed by atoms with E-state index in [2.05, 4.69) is 13.2 Å². The first-order chi connectivity index (χ1) is 18.9. The van der Waals surface area contributed by atoms with Crippen LogP contribution >= 0.6 is 0 Å². The van der Waals surface area contributed by atoms with E-state index in [1.807, 2.05) is 24.3 Å². The summed E-state index contributed by atoms with van der Waals surface area (Å²) in [4.78, 5) is 48.1. The number of rotatable bonds is 10. The Morgan fingerprint density at radius 3 is 1.32 bits per heavy atom. The zero-order valence-corrected chi connectivity index (χ0v) is 23.5. The molecule has 1 saturated carbocycles. The van der Waals surface area contributed by atoms with Gasteiger partial charge in [0.25, 0.3) is 0 Å². The van der Waals surface area contributed by atoms with Crippen LogP contribution in [0.2, 0.25) is 0 Å². The van der Waals surface area contributed by atoms with Gasteiger partial charge in [0.15, 0.2) is 23.8 Å². The van der Waals surface area contributed by atoms with E-state index in [0.717, 1.165) is 43.2 Å². The Labute approximate surface area is 235 Å². The lowest BCUT2D eigenvalue weighted by atomic mass is 9.65.